The summed E-state index contributed by atoms with van der Waals surface area (Å²) in [5.41, 5.74) is 8.55. The van der Waals surface area contributed by atoms with E-state index in [1.54, 1.807) is 0 Å². The first-order chi connectivity index (χ1) is 10.5. The van der Waals surface area contributed by atoms with Crippen LogP contribution in [0.15, 0.2) is 60.7 Å². The van der Waals surface area contributed by atoms with Gasteiger partial charge in [0.2, 0.25) is 0 Å². The summed E-state index contributed by atoms with van der Waals surface area (Å²) >= 11 is 0. The van der Waals surface area contributed by atoms with Gasteiger partial charge in [0.05, 0.1) is 0 Å². The van der Waals surface area contributed by atoms with Crippen molar-refractivity contribution in [1.29, 1.82) is 0 Å². The highest BCUT2D eigenvalue weighted by Gasteiger charge is 2.07. The normalized spacial score (nSPS) is 10.7. The molecule has 3 rings (SSSR count). The molecule has 0 aliphatic heterocycles. The molecule has 0 bridgehead atoms. The third-order valence-corrected chi connectivity index (χ3v) is 4.03. The molecule has 0 amide bonds. The van der Waals surface area contributed by atoms with E-state index in [0.717, 1.165) is 11.1 Å². The van der Waals surface area contributed by atoms with Crippen molar-refractivity contribution in [2.24, 2.45) is 0 Å². The summed E-state index contributed by atoms with van der Waals surface area (Å²) in [7, 11) is 0. The predicted octanol–water partition coefficient (Wildman–Crippen LogP) is 6.08. The molecule has 0 aliphatic rings. The topological polar surface area (TPSA) is 0 Å². The Balaban J connectivity index is 2.00. The fraction of sp³-hybridized carbons (Fsp3) is 0.143. The molecule has 0 N–H and O–H groups in total. The molecule has 0 heterocycles. The minimum absolute atomic E-state index is 0.203. The highest BCUT2D eigenvalue weighted by Crippen LogP contribution is 2.30. The van der Waals surface area contributed by atoms with Crippen LogP contribution in [-0.4, -0.2) is 0 Å². The molecule has 0 saturated heterocycles. The van der Waals surface area contributed by atoms with E-state index in [-0.39, 0.29) is 5.82 Å². The first-order valence-electron chi connectivity index (χ1n) is 7.49. The Labute approximate surface area is 131 Å². The fourth-order valence-corrected chi connectivity index (χ4v) is 3.11. The molecule has 0 atom stereocenters. The lowest BCUT2D eigenvalue weighted by Crippen LogP contribution is -1.90. The third-order valence-electron chi connectivity index (χ3n) is 4.03. The maximum absolute atomic E-state index is 13.0. The molecule has 0 unspecified atom stereocenters. The van der Waals surface area contributed by atoms with Crippen molar-refractivity contribution in [3.63, 3.8) is 0 Å². The Hall–Kier alpha value is -2.41. The Morgan fingerprint density at radius 2 is 1.00 bits per heavy atom. The van der Waals surface area contributed by atoms with Gasteiger partial charge in [-0.15, -0.1) is 0 Å². The van der Waals surface area contributed by atoms with E-state index in [1.165, 1.54) is 39.9 Å². The van der Waals surface area contributed by atoms with Crippen LogP contribution in [0.4, 0.5) is 4.39 Å². The fourth-order valence-electron chi connectivity index (χ4n) is 3.11. The van der Waals surface area contributed by atoms with Crippen LogP contribution in [0.5, 0.6) is 0 Å². The zero-order valence-corrected chi connectivity index (χ0v) is 13.2. The summed E-state index contributed by atoms with van der Waals surface area (Å²) < 4.78 is 13.0. The Kier molecular flexibility index (Phi) is 3.81. The standard InChI is InChI=1S/C21H19F/c1-14-12-15(2)21(16(3)13-14)19-6-4-17(5-7-19)18-8-10-20(22)11-9-18/h4-13H,1-3H3. The molecule has 22 heavy (non-hydrogen) atoms. The van der Waals surface area contributed by atoms with Gasteiger partial charge in [-0.2, -0.15) is 0 Å². The SMILES string of the molecule is Cc1cc(C)c(-c2ccc(-c3ccc(F)cc3)cc2)c(C)c1. The van der Waals surface area contributed by atoms with Gasteiger partial charge in [-0.3, -0.25) is 0 Å². The summed E-state index contributed by atoms with van der Waals surface area (Å²) in [5, 5.41) is 0. The van der Waals surface area contributed by atoms with E-state index < -0.39 is 0 Å². The molecule has 110 valence electrons. The van der Waals surface area contributed by atoms with Crippen molar-refractivity contribution < 1.29 is 4.39 Å². The minimum atomic E-state index is -0.203. The monoisotopic (exact) mass is 290 g/mol. The van der Waals surface area contributed by atoms with Gasteiger partial charge in [-0.25, -0.2) is 4.39 Å². The molecule has 0 nitrogen and oxygen atoms in total. The number of aryl methyl sites for hydroxylation is 3. The second-order valence-electron chi connectivity index (χ2n) is 5.86. The summed E-state index contributed by atoms with van der Waals surface area (Å²) in [5.74, 6) is -0.203. The second kappa shape index (κ2) is 5.76. The first-order valence-corrected chi connectivity index (χ1v) is 7.49. The smallest absolute Gasteiger partial charge is 0.123 e. The molecule has 1 heteroatoms. The van der Waals surface area contributed by atoms with E-state index in [4.69, 9.17) is 0 Å². The van der Waals surface area contributed by atoms with Crippen LogP contribution in [0.2, 0.25) is 0 Å². The maximum Gasteiger partial charge on any atom is 0.123 e. The van der Waals surface area contributed by atoms with E-state index in [1.807, 2.05) is 12.1 Å². The van der Waals surface area contributed by atoms with Crippen LogP contribution in [0.3, 0.4) is 0 Å². The average Bonchev–Trinajstić information content (AvgIpc) is 2.48. The zero-order valence-electron chi connectivity index (χ0n) is 13.2. The largest absolute Gasteiger partial charge is 0.207 e. The van der Waals surface area contributed by atoms with Gasteiger partial charge < -0.3 is 0 Å². The lowest BCUT2D eigenvalue weighted by molar-refractivity contribution is 0.628. The van der Waals surface area contributed by atoms with Crippen LogP contribution in [0, 0.1) is 26.6 Å². The van der Waals surface area contributed by atoms with E-state index in [0.29, 0.717) is 0 Å². The van der Waals surface area contributed by atoms with Gasteiger partial charge in [0.25, 0.3) is 0 Å². The predicted molar refractivity (Wildman–Crippen MR) is 91.5 cm³/mol. The molecule has 0 aromatic heterocycles. The van der Waals surface area contributed by atoms with Crippen molar-refractivity contribution in [2.45, 2.75) is 20.8 Å². The van der Waals surface area contributed by atoms with Gasteiger partial charge in [0, 0.05) is 0 Å². The van der Waals surface area contributed by atoms with Crippen LogP contribution in [0.1, 0.15) is 16.7 Å². The maximum atomic E-state index is 13.0. The van der Waals surface area contributed by atoms with Crippen molar-refractivity contribution in [1.82, 2.24) is 0 Å². The molecular weight excluding hydrogens is 271 g/mol. The molecule has 0 fully saturated rings. The van der Waals surface area contributed by atoms with Crippen LogP contribution in [-0.2, 0) is 0 Å². The number of benzene rings is 3. The second-order valence-corrected chi connectivity index (χ2v) is 5.86. The van der Waals surface area contributed by atoms with Gasteiger partial charge in [-0.1, -0.05) is 54.1 Å². The summed E-state index contributed by atoms with van der Waals surface area (Å²) in [6, 6.07) is 19.5. The molecule has 0 radical (unpaired) electrons. The van der Waals surface area contributed by atoms with Crippen LogP contribution >= 0.6 is 0 Å². The minimum Gasteiger partial charge on any atom is -0.207 e. The Bertz CT molecular complexity index is 773. The van der Waals surface area contributed by atoms with E-state index >= 15 is 0 Å². The third kappa shape index (κ3) is 2.80. The van der Waals surface area contributed by atoms with Gasteiger partial charge >= 0.3 is 0 Å². The van der Waals surface area contributed by atoms with Crippen molar-refractivity contribution >= 4 is 0 Å². The summed E-state index contributed by atoms with van der Waals surface area (Å²) in [4.78, 5) is 0. The number of rotatable bonds is 2. The van der Waals surface area contributed by atoms with Gasteiger partial charge in [0.1, 0.15) is 5.82 Å². The Morgan fingerprint density at radius 1 is 0.591 bits per heavy atom. The van der Waals surface area contributed by atoms with Gasteiger partial charge in [-0.05, 0) is 66.3 Å². The number of halogens is 1. The summed E-state index contributed by atoms with van der Waals surface area (Å²) in [6.45, 7) is 6.44. The number of hydrogen-bond donors (Lipinski definition) is 0. The average molecular weight is 290 g/mol. The highest BCUT2D eigenvalue weighted by molar-refractivity contribution is 5.74. The van der Waals surface area contributed by atoms with Crippen LogP contribution < -0.4 is 0 Å². The zero-order chi connectivity index (χ0) is 15.7. The van der Waals surface area contributed by atoms with Crippen LogP contribution in [0.25, 0.3) is 22.3 Å². The van der Waals surface area contributed by atoms with E-state index in [9.17, 15) is 4.39 Å². The molecular formula is C21H19F. The van der Waals surface area contributed by atoms with Crippen molar-refractivity contribution in [3.8, 4) is 22.3 Å². The van der Waals surface area contributed by atoms with E-state index in [2.05, 4.69) is 57.2 Å². The molecule has 3 aromatic carbocycles. The lowest BCUT2D eigenvalue weighted by atomic mass is 9.92. The number of hydrogen-bond acceptors (Lipinski definition) is 0. The van der Waals surface area contributed by atoms with Gasteiger partial charge in [0.15, 0.2) is 0 Å². The molecule has 0 aliphatic carbocycles. The lowest BCUT2D eigenvalue weighted by Gasteiger charge is -2.12. The molecule has 0 spiro atoms. The first kappa shape index (κ1) is 14.5. The highest BCUT2D eigenvalue weighted by atomic mass is 19.1. The van der Waals surface area contributed by atoms with Crippen molar-refractivity contribution in [2.75, 3.05) is 0 Å². The summed E-state index contributed by atoms with van der Waals surface area (Å²) in [6.07, 6.45) is 0. The van der Waals surface area contributed by atoms with Crippen molar-refractivity contribution in [3.05, 3.63) is 83.2 Å². The molecule has 0 saturated carbocycles. The molecule has 3 aromatic rings. The quantitative estimate of drug-likeness (QED) is 0.536. The Morgan fingerprint density at radius 3 is 1.50 bits per heavy atom.